The molecule has 19 heavy (non-hydrogen) atoms. The fourth-order valence-electron chi connectivity index (χ4n) is 1.40. The van der Waals surface area contributed by atoms with Gasteiger partial charge in [0.1, 0.15) is 5.76 Å². The van der Waals surface area contributed by atoms with E-state index in [-0.39, 0.29) is 5.76 Å². The van der Waals surface area contributed by atoms with Crippen LogP contribution in [0, 0.1) is 5.92 Å². The van der Waals surface area contributed by atoms with Crippen LogP contribution in [0.4, 0.5) is 13.2 Å². The molecule has 0 aromatic carbocycles. The molecule has 1 aromatic rings. The molecule has 1 heterocycles. The van der Waals surface area contributed by atoms with Gasteiger partial charge in [-0.15, -0.1) is 0 Å². The lowest BCUT2D eigenvalue weighted by molar-refractivity contribution is -0.187. The molecule has 0 fully saturated rings. The van der Waals surface area contributed by atoms with Crippen LogP contribution < -0.4 is 0 Å². The molecule has 0 saturated carbocycles. The third-order valence-corrected chi connectivity index (χ3v) is 2.37. The van der Waals surface area contributed by atoms with E-state index in [0.29, 0.717) is 4.90 Å². The number of rotatable bonds is 5. The van der Waals surface area contributed by atoms with Crippen LogP contribution in [-0.2, 0) is 16.1 Å². The van der Waals surface area contributed by atoms with Crippen molar-refractivity contribution in [2.24, 2.45) is 5.92 Å². The summed E-state index contributed by atoms with van der Waals surface area (Å²) in [4.78, 5) is 22.3. The molecule has 0 aliphatic heterocycles. The summed E-state index contributed by atoms with van der Waals surface area (Å²) in [5.74, 6) is -4.33. The van der Waals surface area contributed by atoms with Crippen molar-refractivity contribution >= 4 is 11.9 Å². The second kappa shape index (κ2) is 5.77. The Kier molecular flexibility index (Phi) is 4.57. The van der Waals surface area contributed by atoms with Gasteiger partial charge in [-0.05, 0) is 12.1 Å². The first-order chi connectivity index (χ1) is 8.71. The van der Waals surface area contributed by atoms with E-state index < -0.39 is 37.1 Å². The van der Waals surface area contributed by atoms with Crippen molar-refractivity contribution in [2.45, 2.75) is 19.6 Å². The highest BCUT2D eigenvalue weighted by molar-refractivity contribution is 5.82. The van der Waals surface area contributed by atoms with Crippen LogP contribution in [0.2, 0.25) is 0 Å². The minimum absolute atomic E-state index is 0.148. The lowest BCUT2D eigenvalue weighted by atomic mass is 10.1. The van der Waals surface area contributed by atoms with Crippen molar-refractivity contribution < 1.29 is 32.3 Å². The van der Waals surface area contributed by atoms with E-state index in [1.807, 2.05) is 0 Å². The van der Waals surface area contributed by atoms with E-state index in [4.69, 9.17) is 9.52 Å². The van der Waals surface area contributed by atoms with E-state index in [1.165, 1.54) is 25.3 Å². The molecule has 8 heteroatoms. The molecule has 1 amide bonds. The molecule has 1 rings (SSSR count). The van der Waals surface area contributed by atoms with E-state index in [0.717, 1.165) is 0 Å². The number of hydrogen-bond acceptors (Lipinski definition) is 3. The maximum absolute atomic E-state index is 12.4. The zero-order valence-electron chi connectivity index (χ0n) is 9.98. The van der Waals surface area contributed by atoms with Gasteiger partial charge in [-0.3, -0.25) is 9.59 Å². The number of carboxylic acids is 1. The molecule has 1 N–H and O–H groups in total. The first-order valence-electron chi connectivity index (χ1n) is 5.33. The smallest absolute Gasteiger partial charge is 0.471 e. The van der Waals surface area contributed by atoms with Gasteiger partial charge >= 0.3 is 18.1 Å². The van der Waals surface area contributed by atoms with E-state index in [1.54, 1.807) is 0 Å². The largest absolute Gasteiger partial charge is 0.481 e. The molecule has 5 nitrogen and oxygen atoms in total. The lowest BCUT2D eigenvalue weighted by Gasteiger charge is -2.24. The van der Waals surface area contributed by atoms with Gasteiger partial charge in [0.25, 0.3) is 0 Å². The number of carboxylic acid groups (broad SMARTS) is 1. The van der Waals surface area contributed by atoms with Crippen molar-refractivity contribution in [1.29, 1.82) is 0 Å². The standard InChI is InChI=1S/C11H12F3NO4/c1-7(9(16)17)5-15(10(18)11(12,13)14)6-8-3-2-4-19-8/h2-4,7H,5-6H2,1H3,(H,16,17). The van der Waals surface area contributed by atoms with Gasteiger partial charge in [0, 0.05) is 6.54 Å². The van der Waals surface area contributed by atoms with Crippen LogP contribution in [-0.4, -0.2) is 34.6 Å². The van der Waals surface area contributed by atoms with Crippen molar-refractivity contribution in [1.82, 2.24) is 4.90 Å². The van der Waals surface area contributed by atoms with Crippen molar-refractivity contribution in [3.63, 3.8) is 0 Å². The predicted octanol–water partition coefficient (Wildman–Crippen LogP) is 1.89. The zero-order chi connectivity index (χ0) is 14.6. The second-order valence-corrected chi connectivity index (χ2v) is 4.00. The summed E-state index contributed by atoms with van der Waals surface area (Å²) < 4.78 is 42.1. The molecule has 106 valence electrons. The van der Waals surface area contributed by atoms with E-state index >= 15 is 0 Å². The summed E-state index contributed by atoms with van der Waals surface area (Å²) in [6, 6.07) is 2.87. The molecule has 1 aromatic heterocycles. The number of furan rings is 1. The number of amides is 1. The number of nitrogens with zero attached hydrogens (tertiary/aromatic N) is 1. The average molecular weight is 279 g/mol. The van der Waals surface area contributed by atoms with Crippen molar-refractivity contribution in [3.8, 4) is 0 Å². The van der Waals surface area contributed by atoms with Crippen LogP contribution in [0.25, 0.3) is 0 Å². The first-order valence-corrected chi connectivity index (χ1v) is 5.33. The molecule has 0 bridgehead atoms. The maximum atomic E-state index is 12.4. The Balaban J connectivity index is 2.84. The summed E-state index contributed by atoms with van der Waals surface area (Å²) in [5, 5.41) is 8.70. The Bertz CT molecular complexity index is 441. The molecule has 1 unspecified atom stereocenters. The Morgan fingerprint density at radius 2 is 2.11 bits per heavy atom. The van der Waals surface area contributed by atoms with Gasteiger partial charge in [0.2, 0.25) is 0 Å². The highest BCUT2D eigenvalue weighted by Gasteiger charge is 2.43. The average Bonchev–Trinajstić information content (AvgIpc) is 2.78. The minimum atomic E-state index is -5.05. The molecular formula is C11H12F3NO4. The predicted molar refractivity (Wildman–Crippen MR) is 57.0 cm³/mol. The van der Waals surface area contributed by atoms with Crippen molar-refractivity contribution in [3.05, 3.63) is 24.2 Å². The van der Waals surface area contributed by atoms with Gasteiger partial charge in [-0.25, -0.2) is 0 Å². The minimum Gasteiger partial charge on any atom is -0.481 e. The third kappa shape index (κ3) is 4.31. The summed E-state index contributed by atoms with van der Waals surface area (Å²) in [6.07, 6.45) is -3.79. The van der Waals surface area contributed by atoms with Crippen LogP contribution in [0.3, 0.4) is 0 Å². The molecule has 0 aliphatic rings. The topological polar surface area (TPSA) is 70.8 Å². The second-order valence-electron chi connectivity index (χ2n) is 4.00. The monoisotopic (exact) mass is 279 g/mol. The van der Waals surface area contributed by atoms with Gasteiger partial charge in [-0.2, -0.15) is 13.2 Å². The highest BCUT2D eigenvalue weighted by Crippen LogP contribution is 2.21. The van der Waals surface area contributed by atoms with Crippen LogP contribution >= 0.6 is 0 Å². The Hall–Kier alpha value is -1.99. The maximum Gasteiger partial charge on any atom is 0.471 e. The fourth-order valence-corrected chi connectivity index (χ4v) is 1.40. The summed E-state index contributed by atoms with van der Waals surface area (Å²) in [6.45, 7) is 0.248. The summed E-state index contributed by atoms with van der Waals surface area (Å²) in [5.41, 5.74) is 0. The number of hydrogen-bond donors (Lipinski definition) is 1. The van der Waals surface area contributed by atoms with Crippen LogP contribution in [0.15, 0.2) is 22.8 Å². The number of alkyl halides is 3. The molecule has 0 saturated heterocycles. The molecule has 0 radical (unpaired) electrons. The molecular weight excluding hydrogens is 267 g/mol. The van der Waals surface area contributed by atoms with Gasteiger partial charge in [0.15, 0.2) is 0 Å². The quantitative estimate of drug-likeness (QED) is 0.893. The SMILES string of the molecule is CC(CN(Cc1ccco1)C(=O)C(F)(F)F)C(=O)O. The molecule has 0 aliphatic carbocycles. The van der Waals surface area contributed by atoms with Crippen molar-refractivity contribution in [2.75, 3.05) is 6.54 Å². The molecule has 0 spiro atoms. The normalized spacial score (nSPS) is 13.1. The zero-order valence-corrected chi connectivity index (χ0v) is 9.98. The highest BCUT2D eigenvalue weighted by atomic mass is 19.4. The van der Waals surface area contributed by atoms with Gasteiger partial charge in [-0.1, -0.05) is 6.92 Å². The Morgan fingerprint density at radius 3 is 2.53 bits per heavy atom. The first kappa shape index (κ1) is 15.1. The Morgan fingerprint density at radius 1 is 1.47 bits per heavy atom. The molecule has 1 atom stereocenters. The van der Waals surface area contributed by atoms with Gasteiger partial charge < -0.3 is 14.4 Å². The number of carbonyl (C=O) groups excluding carboxylic acids is 1. The van der Waals surface area contributed by atoms with Crippen LogP contribution in [0.1, 0.15) is 12.7 Å². The van der Waals surface area contributed by atoms with Crippen LogP contribution in [0.5, 0.6) is 0 Å². The lowest BCUT2D eigenvalue weighted by Crippen LogP contribution is -2.43. The van der Waals surface area contributed by atoms with Gasteiger partial charge in [0.05, 0.1) is 18.7 Å². The van der Waals surface area contributed by atoms with E-state index in [2.05, 4.69) is 0 Å². The number of halogens is 3. The summed E-state index contributed by atoms with van der Waals surface area (Å²) in [7, 11) is 0. The fraction of sp³-hybridized carbons (Fsp3) is 0.455. The third-order valence-electron chi connectivity index (χ3n) is 2.37. The Labute approximate surface area is 106 Å². The summed E-state index contributed by atoms with van der Waals surface area (Å²) >= 11 is 0. The number of aliphatic carboxylic acids is 1. The van der Waals surface area contributed by atoms with E-state index in [9.17, 15) is 22.8 Å². The number of carbonyl (C=O) groups is 2.